The molecular weight excluding hydrogens is 410 g/mol. The van der Waals surface area contributed by atoms with Crippen LogP contribution in [0, 0.1) is 5.92 Å². The van der Waals surface area contributed by atoms with Gasteiger partial charge in [-0.1, -0.05) is 29.8 Å². The van der Waals surface area contributed by atoms with E-state index in [9.17, 15) is 13.2 Å². The van der Waals surface area contributed by atoms with Gasteiger partial charge in [-0.15, -0.1) is 0 Å². The second-order valence-electron chi connectivity index (χ2n) is 7.70. The summed E-state index contributed by atoms with van der Waals surface area (Å²) in [4.78, 5) is 12.7. The molecule has 1 fully saturated rings. The van der Waals surface area contributed by atoms with Crippen LogP contribution in [0.15, 0.2) is 47.4 Å². The molecule has 0 aromatic heterocycles. The first-order valence-corrected chi connectivity index (χ1v) is 11.8. The Kier molecular flexibility index (Phi) is 5.95. The van der Waals surface area contributed by atoms with Gasteiger partial charge in [-0.3, -0.25) is 4.79 Å². The van der Waals surface area contributed by atoms with Crippen LogP contribution < -0.4 is 0 Å². The molecule has 0 atom stereocenters. The third-order valence-electron chi connectivity index (χ3n) is 5.79. The number of sulfonamides is 1. The number of esters is 1. The molecule has 0 unspecified atom stereocenters. The highest BCUT2D eigenvalue weighted by Gasteiger charge is 2.33. The number of benzene rings is 2. The number of ether oxygens (including phenoxy) is 1. The van der Waals surface area contributed by atoms with Crippen LogP contribution in [0.2, 0.25) is 5.02 Å². The van der Waals surface area contributed by atoms with Crippen LogP contribution in [-0.4, -0.2) is 31.8 Å². The molecule has 0 saturated carbocycles. The van der Waals surface area contributed by atoms with E-state index in [4.69, 9.17) is 16.3 Å². The van der Waals surface area contributed by atoms with E-state index >= 15 is 0 Å². The van der Waals surface area contributed by atoms with Crippen molar-refractivity contribution in [2.24, 2.45) is 5.92 Å². The summed E-state index contributed by atoms with van der Waals surface area (Å²) in [6.07, 6.45) is 4.01. The Labute approximate surface area is 176 Å². The zero-order valence-electron chi connectivity index (χ0n) is 16.1. The van der Waals surface area contributed by atoms with E-state index in [0.29, 0.717) is 35.8 Å². The molecule has 2 aromatic rings. The van der Waals surface area contributed by atoms with Crippen LogP contribution in [0.1, 0.15) is 36.0 Å². The largest absolute Gasteiger partial charge is 0.461 e. The maximum absolute atomic E-state index is 13.0. The Bertz CT molecular complexity index is 996. The van der Waals surface area contributed by atoms with Crippen molar-refractivity contribution in [3.8, 4) is 0 Å². The summed E-state index contributed by atoms with van der Waals surface area (Å²) in [6, 6.07) is 12.6. The lowest BCUT2D eigenvalue weighted by Gasteiger charge is -2.30. The van der Waals surface area contributed by atoms with Gasteiger partial charge in [0.1, 0.15) is 6.61 Å². The van der Waals surface area contributed by atoms with Crippen molar-refractivity contribution < 1.29 is 17.9 Å². The number of piperidine rings is 1. The second kappa shape index (κ2) is 8.46. The molecule has 2 aromatic carbocycles. The first-order chi connectivity index (χ1) is 13.9. The van der Waals surface area contributed by atoms with Crippen molar-refractivity contribution in [3.63, 3.8) is 0 Å². The standard InChI is InChI=1S/C22H24ClNO4S/c23-20-7-4-16(5-8-20)15-28-22(25)18-10-12-24(13-11-18)29(26,27)21-9-6-17-2-1-3-19(17)14-21/h4-9,14,18H,1-3,10-13,15H2. The summed E-state index contributed by atoms with van der Waals surface area (Å²) in [5, 5.41) is 0.636. The molecule has 7 heteroatoms. The number of aryl methyl sites for hydroxylation is 2. The highest BCUT2D eigenvalue weighted by atomic mass is 35.5. The van der Waals surface area contributed by atoms with E-state index in [1.165, 1.54) is 9.87 Å². The third-order valence-corrected chi connectivity index (χ3v) is 7.94. The molecule has 1 aliphatic carbocycles. The zero-order valence-corrected chi connectivity index (χ0v) is 17.7. The first-order valence-electron chi connectivity index (χ1n) is 9.96. The van der Waals surface area contributed by atoms with Gasteiger partial charge < -0.3 is 4.74 Å². The molecule has 2 aliphatic rings. The fourth-order valence-electron chi connectivity index (χ4n) is 4.04. The van der Waals surface area contributed by atoms with Crippen molar-refractivity contribution in [2.45, 2.75) is 43.6 Å². The number of hydrogen-bond acceptors (Lipinski definition) is 4. The van der Waals surface area contributed by atoms with Gasteiger partial charge in [-0.05, 0) is 73.1 Å². The molecule has 1 saturated heterocycles. The Morgan fingerprint density at radius 1 is 1.03 bits per heavy atom. The molecule has 154 valence electrons. The van der Waals surface area contributed by atoms with Crippen LogP contribution >= 0.6 is 11.6 Å². The lowest BCUT2D eigenvalue weighted by atomic mass is 9.98. The van der Waals surface area contributed by atoms with Gasteiger partial charge in [0.25, 0.3) is 0 Å². The zero-order chi connectivity index (χ0) is 20.4. The Morgan fingerprint density at radius 2 is 1.72 bits per heavy atom. The average molecular weight is 434 g/mol. The Morgan fingerprint density at radius 3 is 2.45 bits per heavy atom. The quantitative estimate of drug-likeness (QED) is 0.669. The second-order valence-corrected chi connectivity index (χ2v) is 10.1. The molecule has 0 amide bonds. The van der Waals surface area contributed by atoms with Crippen LogP contribution in [-0.2, 0) is 39.0 Å². The molecule has 0 radical (unpaired) electrons. The van der Waals surface area contributed by atoms with E-state index < -0.39 is 10.0 Å². The van der Waals surface area contributed by atoms with E-state index in [-0.39, 0.29) is 18.5 Å². The minimum Gasteiger partial charge on any atom is -0.461 e. The maximum atomic E-state index is 13.0. The van der Waals surface area contributed by atoms with Crippen molar-refractivity contribution in [1.29, 1.82) is 0 Å². The summed E-state index contributed by atoms with van der Waals surface area (Å²) >= 11 is 5.86. The van der Waals surface area contributed by atoms with Crippen LogP contribution in [0.4, 0.5) is 0 Å². The minimum atomic E-state index is -3.52. The molecule has 0 spiro atoms. The molecule has 1 heterocycles. The van der Waals surface area contributed by atoms with Crippen molar-refractivity contribution in [1.82, 2.24) is 4.31 Å². The lowest BCUT2D eigenvalue weighted by molar-refractivity contribution is -0.151. The Hall–Kier alpha value is -1.89. The molecule has 4 rings (SSSR count). The number of rotatable bonds is 5. The van der Waals surface area contributed by atoms with Gasteiger partial charge in [0.15, 0.2) is 0 Å². The number of nitrogens with zero attached hydrogens (tertiary/aromatic N) is 1. The van der Waals surface area contributed by atoms with Crippen LogP contribution in [0.5, 0.6) is 0 Å². The summed E-state index contributed by atoms with van der Waals surface area (Å²) in [6.45, 7) is 0.865. The number of hydrogen-bond donors (Lipinski definition) is 0. The van der Waals surface area contributed by atoms with Gasteiger partial charge >= 0.3 is 5.97 Å². The highest BCUT2D eigenvalue weighted by Crippen LogP contribution is 2.29. The number of halogens is 1. The molecule has 0 bridgehead atoms. The topological polar surface area (TPSA) is 63.7 Å². The summed E-state index contributed by atoms with van der Waals surface area (Å²) < 4.78 is 32.9. The highest BCUT2D eigenvalue weighted by molar-refractivity contribution is 7.89. The number of carbonyl (C=O) groups is 1. The summed E-state index contributed by atoms with van der Waals surface area (Å²) in [5.74, 6) is -0.539. The first kappa shape index (κ1) is 20.4. The van der Waals surface area contributed by atoms with E-state index in [1.54, 1.807) is 18.2 Å². The van der Waals surface area contributed by atoms with Gasteiger partial charge in [-0.2, -0.15) is 4.31 Å². The van der Waals surface area contributed by atoms with Gasteiger partial charge in [0.2, 0.25) is 10.0 Å². The fourth-order valence-corrected chi connectivity index (χ4v) is 5.69. The SMILES string of the molecule is O=C(OCc1ccc(Cl)cc1)C1CCN(S(=O)(=O)c2ccc3c(c2)CCC3)CC1. The molecule has 1 aliphatic heterocycles. The average Bonchev–Trinajstić information content (AvgIpc) is 3.21. The van der Waals surface area contributed by atoms with Crippen LogP contribution in [0.3, 0.4) is 0 Å². The molecule has 0 N–H and O–H groups in total. The van der Waals surface area contributed by atoms with Crippen molar-refractivity contribution in [2.75, 3.05) is 13.1 Å². The number of carbonyl (C=O) groups excluding carboxylic acids is 1. The van der Waals surface area contributed by atoms with Crippen LogP contribution in [0.25, 0.3) is 0 Å². The van der Waals surface area contributed by atoms with Crippen molar-refractivity contribution in [3.05, 3.63) is 64.2 Å². The molecule has 29 heavy (non-hydrogen) atoms. The third kappa shape index (κ3) is 4.49. The summed E-state index contributed by atoms with van der Waals surface area (Å²) in [7, 11) is -3.52. The normalized spacial score (nSPS) is 17.8. The van der Waals surface area contributed by atoms with Gasteiger partial charge in [-0.25, -0.2) is 8.42 Å². The fraction of sp³-hybridized carbons (Fsp3) is 0.409. The monoisotopic (exact) mass is 433 g/mol. The predicted molar refractivity (Wildman–Crippen MR) is 111 cm³/mol. The molecule has 5 nitrogen and oxygen atoms in total. The van der Waals surface area contributed by atoms with Crippen molar-refractivity contribution >= 4 is 27.6 Å². The summed E-state index contributed by atoms with van der Waals surface area (Å²) in [5.41, 5.74) is 3.28. The van der Waals surface area contributed by atoms with E-state index in [1.807, 2.05) is 24.3 Å². The van der Waals surface area contributed by atoms with Gasteiger partial charge in [0.05, 0.1) is 10.8 Å². The minimum absolute atomic E-state index is 0.198. The smallest absolute Gasteiger partial charge is 0.309 e. The van der Waals surface area contributed by atoms with E-state index in [0.717, 1.165) is 30.4 Å². The molecular formula is C22H24ClNO4S. The van der Waals surface area contributed by atoms with Gasteiger partial charge in [0, 0.05) is 18.1 Å². The lowest BCUT2D eigenvalue weighted by Crippen LogP contribution is -2.40. The maximum Gasteiger partial charge on any atom is 0.309 e. The Balaban J connectivity index is 1.33. The van der Waals surface area contributed by atoms with E-state index in [2.05, 4.69) is 0 Å². The number of fused-ring (bicyclic) bond motifs is 1. The predicted octanol–water partition coefficient (Wildman–Crippen LogP) is 3.97.